The van der Waals surface area contributed by atoms with Crippen LogP contribution in [0.1, 0.15) is 22.5 Å². The predicted octanol–water partition coefficient (Wildman–Crippen LogP) is 2.29. The molecule has 3 saturated heterocycles. The molecule has 3 aliphatic heterocycles. The molecule has 4 rings (SSSR count). The van der Waals surface area contributed by atoms with Gasteiger partial charge in [-0.15, -0.1) is 23.1 Å². The Morgan fingerprint density at radius 3 is 2.78 bits per heavy atom. The molecule has 1 aromatic heterocycles. The average Bonchev–Trinajstić information content (AvgIpc) is 2.89. The van der Waals surface area contributed by atoms with Crippen LogP contribution in [0.5, 0.6) is 0 Å². The molecule has 1 aromatic rings. The summed E-state index contributed by atoms with van der Waals surface area (Å²) in [6, 6.07) is 4.33. The van der Waals surface area contributed by atoms with Gasteiger partial charge in [-0.2, -0.15) is 0 Å². The molecule has 0 radical (unpaired) electrons. The number of piperidine rings is 3. The van der Waals surface area contributed by atoms with Crippen LogP contribution in [0.2, 0.25) is 0 Å². The van der Waals surface area contributed by atoms with Crippen molar-refractivity contribution in [1.29, 1.82) is 0 Å². The molecular weight excluding hydrogens is 264 g/mol. The number of carbonyl (C=O) groups is 1. The Morgan fingerprint density at radius 1 is 1.44 bits per heavy atom. The molecule has 0 spiro atoms. The Kier molecular flexibility index (Phi) is 3.63. The lowest BCUT2D eigenvalue weighted by Crippen LogP contribution is -2.57. The molecule has 3 aliphatic rings. The number of carbonyl (C=O) groups excluding carboxylic acids is 1. The Bertz CT molecular complexity index is 438. The lowest BCUT2D eigenvalue weighted by molar-refractivity contribution is 0.0622. The second-order valence-corrected chi connectivity index (χ2v) is 7.23. The van der Waals surface area contributed by atoms with E-state index in [-0.39, 0.29) is 5.91 Å². The largest absolute Gasteiger partial charge is 0.347 e. The number of rotatable bonds is 3. The van der Waals surface area contributed by atoms with Crippen molar-refractivity contribution in [3.05, 3.63) is 17.0 Å². The van der Waals surface area contributed by atoms with Crippen molar-refractivity contribution in [3.63, 3.8) is 0 Å². The molecular formula is C13H18N2OS2. The van der Waals surface area contributed by atoms with E-state index < -0.39 is 0 Å². The smallest absolute Gasteiger partial charge is 0.261 e. The third-order valence-electron chi connectivity index (χ3n) is 3.98. The average molecular weight is 282 g/mol. The lowest BCUT2D eigenvalue weighted by atomic mass is 9.84. The first kappa shape index (κ1) is 12.5. The zero-order chi connectivity index (χ0) is 12.5. The molecule has 2 bridgehead atoms. The van der Waals surface area contributed by atoms with E-state index >= 15 is 0 Å². The quantitative estimate of drug-likeness (QED) is 0.863. The van der Waals surface area contributed by atoms with Crippen molar-refractivity contribution in [3.8, 4) is 0 Å². The number of hydrogen-bond acceptors (Lipinski definition) is 4. The lowest BCUT2D eigenvalue weighted by Gasteiger charge is -2.44. The number of amides is 1. The van der Waals surface area contributed by atoms with Crippen LogP contribution < -0.4 is 5.32 Å². The second kappa shape index (κ2) is 5.23. The zero-order valence-corrected chi connectivity index (χ0v) is 12.1. The first-order chi connectivity index (χ1) is 8.76. The van der Waals surface area contributed by atoms with Crippen molar-refractivity contribution in [2.45, 2.75) is 23.1 Å². The molecule has 1 amide bonds. The summed E-state index contributed by atoms with van der Waals surface area (Å²) in [6.07, 6.45) is 4.53. The number of nitrogens with one attached hydrogen (secondary N) is 1. The summed E-state index contributed by atoms with van der Waals surface area (Å²) in [4.78, 5) is 15.5. The fraction of sp³-hybridized carbons (Fsp3) is 0.615. The zero-order valence-electron chi connectivity index (χ0n) is 10.5. The van der Waals surface area contributed by atoms with Gasteiger partial charge in [0.25, 0.3) is 5.91 Å². The molecule has 3 fully saturated rings. The van der Waals surface area contributed by atoms with E-state index in [0.29, 0.717) is 12.0 Å². The summed E-state index contributed by atoms with van der Waals surface area (Å²) in [5, 5.41) is 3.22. The van der Waals surface area contributed by atoms with E-state index in [9.17, 15) is 4.79 Å². The number of fused-ring (bicyclic) bond motifs is 3. The minimum atomic E-state index is 0.110. The molecule has 0 unspecified atom stereocenters. The first-order valence-corrected chi connectivity index (χ1v) is 8.47. The number of nitrogens with zero attached hydrogens (tertiary/aromatic N) is 1. The van der Waals surface area contributed by atoms with Crippen molar-refractivity contribution in [2.24, 2.45) is 5.92 Å². The summed E-state index contributed by atoms with van der Waals surface area (Å²) < 4.78 is 1.20. The molecule has 0 aliphatic carbocycles. The van der Waals surface area contributed by atoms with Crippen molar-refractivity contribution < 1.29 is 4.79 Å². The van der Waals surface area contributed by atoms with Gasteiger partial charge in [0.1, 0.15) is 0 Å². The van der Waals surface area contributed by atoms with Gasteiger partial charge in [-0.25, -0.2) is 0 Å². The summed E-state index contributed by atoms with van der Waals surface area (Å²) in [5.41, 5.74) is 0. The SMILES string of the molecule is CSc1ccc(C(=O)N[C@H]2CN3CCC2CC3)s1. The van der Waals surface area contributed by atoms with E-state index in [4.69, 9.17) is 0 Å². The van der Waals surface area contributed by atoms with Gasteiger partial charge in [0, 0.05) is 12.6 Å². The summed E-state index contributed by atoms with van der Waals surface area (Å²) in [5.74, 6) is 0.804. The Hall–Kier alpha value is -0.520. The Balaban J connectivity index is 1.64. The number of thiophene rings is 1. The minimum Gasteiger partial charge on any atom is -0.347 e. The molecule has 18 heavy (non-hydrogen) atoms. The predicted molar refractivity (Wildman–Crippen MR) is 76.5 cm³/mol. The van der Waals surface area contributed by atoms with E-state index in [0.717, 1.165) is 11.4 Å². The van der Waals surface area contributed by atoms with Crippen LogP contribution in [-0.4, -0.2) is 42.7 Å². The van der Waals surface area contributed by atoms with Crippen LogP contribution in [0, 0.1) is 5.92 Å². The van der Waals surface area contributed by atoms with E-state index in [2.05, 4.69) is 10.2 Å². The van der Waals surface area contributed by atoms with Crippen LogP contribution in [0.25, 0.3) is 0 Å². The molecule has 1 N–H and O–H groups in total. The molecule has 4 heterocycles. The Labute approximate surface area is 116 Å². The van der Waals surface area contributed by atoms with Crippen molar-refractivity contribution >= 4 is 29.0 Å². The maximum Gasteiger partial charge on any atom is 0.261 e. The van der Waals surface area contributed by atoms with Crippen LogP contribution in [0.15, 0.2) is 16.3 Å². The normalized spacial score (nSPS) is 30.4. The molecule has 1 atom stereocenters. The third-order valence-corrected chi connectivity index (χ3v) is 6.15. The van der Waals surface area contributed by atoms with Gasteiger partial charge in [0.2, 0.25) is 0 Å². The summed E-state index contributed by atoms with van der Waals surface area (Å²) in [6.45, 7) is 3.47. The summed E-state index contributed by atoms with van der Waals surface area (Å²) in [7, 11) is 0. The van der Waals surface area contributed by atoms with E-state index in [1.165, 1.54) is 30.1 Å². The van der Waals surface area contributed by atoms with Gasteiger partial charge in [-0.1, -0.05) is 0 Å². The van der Waals surface area contributed by atoms with Crippen LogP contribution >= 0.6 is 23.1 Å². The molecule has 0 saturated carbocycles. The Morgan fingerprint density at radius 2 is 2.22 bits per heavy atom. The van der Waals surface area contributed by atoms with Gasteiger partial charge in [0.05, 0.1) is 9.09 Å². The van der Waals surface area contributed by atoms with E-state index in [1.54, 1.807) is 23.1 Å². The third kappa shape index (κ3) is 2.44. The highest BCUT2D eigenvalue weighted by atomic mass is 32.2. The van der Waals surface area contributed by atoms with Crippen LogP contribution in [-0.2, 0) is 0 Å². The molecule has 0 aromatic carbocycles. The second-order valence-electron chi connectivity index (χ2n) is 5.04. The van der Waals surface area contributed by atoms with E-state index in [1.807, 2.05) is 18.4 Å². The standard InChI is InChI=1S/C13H18N2OS2/c1-17-12-3-2-11(18-12)13(16)14-10-8-15-6-4-9(10)5-7-15/h2-3,9-10H,4-8H2,1H3,(H,14,16)/t10-/m0/s1. The van der Waals surface area contributed by atoms with Gasteiger partial charge in [0.15, 0.2) is 0 Å². The van der Waals surface area contributed by atoms with Gasteiger partial charge in [-0.05, 0) is 50.2 Å². The molecule has 98 valence electrons. The monoisotopic (exact) mass is 282 g/mol. The van der Waals surface area contributed by atoms with Crippen molar-refractivity contribution in [1.82, 2.24) is 10.2 Å². The summed E-state index contributed by atoms with van der Waals surface area (Å²) >= 11 is 3.28. The highest BCUT2D eigenvalue weighted by molar-refractivity contribution is 8.00. The fourth-order valence-electron chi connectivity index (χ4n) is 2.92. The van der Waals surface area contributed by atoms with Crippen LogP contribution in [0.4, 0.5) is 0 Å². The highest BCUT2D eigenvalue weighted by Gasteiger charge is 2.35. The first-order valence-electron chi connectivity index (χ1n) is 6.43. The fourth-order valence-corrected chi connectivity index (χ4v) is 4.37. The molecule has 5 heteroatoms. The van der Waals surface area contributed by atoms with Gasteiger partial charge >= 0.3 is 0 Å². The van der Waals surface area contributed by atoms with Crippen molar-refractivity contribution in [2.75, 3.05) is 25.9 Å². The minimum absolute atomic E-state index is 0.110. The maximum atomic E-state index is 12.2. The highest BCUT2D eigenvalue weighted by Crippen LogP contribution is 2.29. The van der Waals surface area contributed by atoms with Gasteiger partial charge < -0.3 is 10.2 Å². The topological polar surface area (TPSA) is 32.3 Å². The number of hydrogen-bond donors (Lipinski definition) is 1. The van der Waals surface area contributed by atoms with Crippen LogP contribution in [0.3, 0.4) is 0 Å². The maximum absolute atomic E-state index is 12.2. The molecule has 3 nitrogen and oxygen atoms in total. The number of thioether (sulfide) groups is 1. The van der Waals surface area contributed by atoms with Gasteiger partial charge in [-0.3, -0.25) is 4.79 Å².